The average Bonchev–Trinajstić information content (AvgIpc) is 3.09. The lowest BCUT2D eigenvalue weighted by Crippen LogP contribution is -2.15. The Hall–Kier alpha value is -1.84. The van der Waals surface area contributed by atoms with Crippen LogP contribution < -0.4 is 10.3 Å². The molecule has 0 spiro atoms. The van der Waals surface area contributed by atoms with Gasteiger partial charge < -0.3 is 9.72 Å². The Morgan fingerprint density at radius 2 is 2.04 bits per heavy atom. The molecule has 0 saturated heterocycles. The van der Waals surface area contributed by atoms with Gasteiger partial charge in [-0.05, 0) is 43.2 Å². The van der Waals surface area contributed by atoms with Gasteiger partial charge in [-0.3, -0.25) is 4.79 Å². The van der Waals surface area contributed by atoms with Crippen molar-refractivity contribution in [1.82, 2.24) is 9.97 Å². The van der Waals surface area contributed by atoms with Crippen LogP contribution >= 0.6 is 0 Å². The fraction of sp³-hybridized carbons (Fsp3) is 0.619. The van der Waals surface area contributed by atoms with Gasteiger partial charge in [-0.2, -0.15) is 0 Å². The summed E-state index contributed by atoms with van der Waals surface area (Å²) >= 11 is 0. The number of rotatable bonds is 8. The number of aromatic nitrogens is 2. The summed E-state index contributed by atoms with van der Waals surface area (Å²) in [5.41, 5.74) is 2.15. The molecule has 1 unspecified atom stereocenters. The number of ether oxygens (including phenoxy) is 1. The monoisotopic (exact) mass is 342 g/mol. The van der Waals surface area contributed by atoms with Crippen LogP contribution in [0.2, 0.25) is 0 Å². The summed E-state index contributed by atoms with van der Waals surface area (Å²) in [6, 6.07) is 5.60. The Balaban J connectivity index is 1.48. The highest BCUT2D eigenvalue weighted by molar-refractivity contribution is 5.75. The van der Waals surface area contributed by atoms with Crippen LogP contribution in [-0.4, -0.2) is 17.1 Å². The van der Waals surface area contributed by atoms with Gasteiger partial charge in [0, 0.05) is 6.07 Å². The van der Waals surface area contributed by atoms with Crippen LogP contribution in [0.5, 0.6) is 5.75 Å². The quantitative estimate of drug-likeness (QED) is 0.697. The summed E-state index contributed by atoms with van der Waals surface area (Å²) in [5, 5.41) is 0. The summed E-state index contributed by atoms with van der Waals surface area (Å²) in [5.74, 6) is 2.65. The van der Waals surface area contributed by atoms with E-state index < -0.39 is 0 Å². The first-order valence-corrected chi connectivity index (χ1v) is 9.76. The van der Waals surface area contributed by atoms with E-state index in [1.165, 1.54) is 44.9 Å². The second-order valence-corrected chi connectivity index (χ2v) is 7.45. The van der Waals surface area contributed by atoms with Crippen molar-refractivity contribution < 1.29 is 4.74 Å². The first-order valence-electron chi connectivity index (χ1n) is 9.76. The van der Waals surface area contributed by atoms with E-state index in [0.717, 1.165) is 41.5 Å². The molecule has 1 aromatic carbocycles. The second-order valence-electron chi connectivity index (χ2n) is 7.45. The molecule has 136 valence electrons. The highest BCUT2D eigenvalue weighted by Gasteiger charge is 2.22. The van der Waals surface area contributed by atoms with Gasteiger partial charge in [0.15, 0.2) is 0 Å². The van der Waals surface area contributed by atoms with Gasteiger partial charge in [0.05, 0.1) is 18.1 Å². The molecule has 1 aliphatic carbocycles. The number of hydrogen-bond donors (Lipinski definition) is 1. The van der Waals surface area contributed by atoms with Crippen molar-refractivity contribution in [2.24, 2.45) is 11.8 Å². The number of nitrogens with one attached hydrogen (secondary N) is 1. The third-order valence-electron chi connectivity index (χ3n) is 5.72. The minimum atomic E-state index is -0.0673. The molecule has 4 nitrogen and oxygen atoms in total. The van der Waals surface area contributed by atoms with E-state index in [1.807, 2.05) is 18.2 Å². The van der Waals surface area contributed by atoms with E-state index in [4.69, 9.17) is 4.74 Å². The van der Waals surface area contributed by atoms with Crippen LogP contribution in [0.25, 0.3) is 11.0 Å². The molecule has 0 bridgehead atoms. The maximum absolute atomic E-state index is 12.2. The number of methoxy groups -OCH3 is 1. The standard InChI is InChI=1S/C21H30N2O2/c1-3-15-9-10-16(13-15)7-5-4-6-8-19-21(24)23-20-14-17(25-2)11-12-18(20)22-19/h11-12,14-16H,3-10,13H2,1-2H3,(H,23,24)/t15-,16?/m1/s1. The van der Waals surface area contributed by atoms with E-state index in [2.05, 4.69) is 16.9 Å². The Kier molecular flexibility index (Phi) is 6.11. The highest BCUT2D eigenvalue weighted by Crippen LogP contribution is 2.35. The highest BCUT2D eigenvalue weighted by atomic mass is 16.5. The van der Waals surface area contributed by atoms with E-state index in [1.54, 1.807) is 7.11 Å². The van der Waals surface area contributed by atoms with Crippen LogP contribution in [0.15, 0.2) is 23.0 Å². The van der Waals surface area contributed by atoms with Crippen LogP contribution in [-0.2, 0) is 6.42 Å². The number of fused-ring (bicyclic) bond motifs is 1. The maximum Gasteiger partial charge on any atom is 0.270 e. The zero-order chi connectivity index (χ0) is 17.6. The number of nitrogens with zero attached hydrogens (tertiary/aromatic N) is 1. The zero-order valence-electron chi connectivity index (χ0n) is 15.5. The predicted octanol–water partition coefficient (Wildman–Crippen LogP) is 4.86. The summed E-state index contributed by atoms with van der Waals surface area (Å²) in [6.07, 6.45) is 11.3. The molecule has 4 heteroatoms. The van der Waals surface area contributed by atoms with Gasteiger partial charge in [-0.1, -0.05) is 45.4 Å². The van der Waals surface area contributed by atoms with E-state index in [0.29, 0.717) is 5.69 Å². The van der Waals surface area contributed by atoms with E-state index >= 15 is 0 Å². The zero-order valence-corrected chi connectivity index (χ0v) is 15.5. The van der Waals surface area contributed by atoms with Gasteiger partial charge >= 0.3 is 0 Å². The second kappa shape index (κ2) is 8.50. The molecule has 1 fully saturated rings. The number of unbranched alkanes of at least 4 members (excludes halogenated alkanes) is 2. The fourth-order valence-corrected chi connectivity index (χ4v) is 4.11. The molecule has 0 aliphatic heterocycles. The van der Waals surface area contributed by atoms with Gasteiger partial charge in [0.1, 0.15) is 11.4 Å². The van der Waals surface area contributed by atoms with Gasteiger partial charge in [0.2, 0.25) is 0 Å². The number of aromatic amines is 1. The van der Waals surface area contributed by atoms with E-state index in [-0.39, 0.29) is 5.56 Å². The predicted molar refractivity (Wildman–Crippen MR) is 102 cm³/mol. The third kappa shape index (κ3) is 4.62. The lowest BCUT2D eigenvalue weighted by atomic mass is 9.97. The smallest absolute Gasteiger partial charge is 0.270 e. The lowest BCUT2D eigenvalue weighted by Gasteiger charge is -2.09. The van der Waals surface area contributed by atoms with Crippen LogP contribution in [0.3, 0.4) is 0 Å². The molecule has 2 aromatic rings. The third-order valence-corrected chi connectivity index (χ3v) is 5.72. The van der Waals surface area contributed by atoms with Crippen molar-refractivity contribution in [2.45, 2.75) is 64.7 Å². The van der Waals surface area contributed by atoms with Gasteiger partial charge in [-0.25, -0.2) is 4.98 Å². The molecule has 1 N–H and O–H groups in total. The topological polar surface area (TPSA) is 55.0 Å². The molecule has 0 radical (unpaired) electrons. The first kappa shape index (κ1) is 18.0. The molecular weight excluding hydrogens is 312 g/mol. The molecule has 1 heterocycles. The molecule has 0 amide bonds. The van der Waals surface area contributed by atoms with Crippen LogP contribution in [0, 0.1) is 11.8 Å². The number of hydrogen-bond acceptors (Lipinski definition) is 3. The van der Waals surface area contributed by atoms with Crippen molar-refractivity contribution >= 4 is 11.0 Å². The van der Waals surface area contributed by atoms with Crippen molar-refractivity contribution in [2.75, 3.05) is 7.11 Å². The van der Waals surface area contributed by atoms with Crippen molar-refractivity contribution in [3.05, 3.63) is 34.2 Å². The summed E-state index contributed by atoms with van der Waals surface area (Å²) in [4.78, 5) is 19.7. The Labute approximate surface area is 150 Å². The maximum atomic E-state index is 12.2. The van der Waals surface area contributed by atoms with Gasteiger partial charge in [0.25, 0.3) is 5.56 Å². The van der Waals surface area contributed by atoms with Crippen LogP contribution in [0.4, 0.5) is 0 Å². The molecule has 1 aliphatic rings. The van der Waals surface area contributed by atoms with Gasteiger partial charge in [-0.15, -0.1) is 0 Å². The Morgan fingerprint density at radius 3 is 2.80 bits per heavy atom. The minimum absolute atomic E-state index is 0.0673. The Bertz CT molecular complexity index is 753. The number of aryl methyl sites for hydroxylation is 1. The SMILES string of the molecule is CC[C@@H]1CCC(CCCCCc2nc3ccc(OC)cc3[nH]c2=O)C1. The molecular formula is C21H30N2O2. The molecule has 3 rings (SSSR count). The first-order chi connectivity index (χ1) is 12.2. The number of benzene rings is 1. The summed E-state index contributed by atoms with van der Waals surface area (Å²) < 4.78 is 5.19. The van der Waals surface area contributed by atoms with Crippen molar-refractivity contribution in [3.63, 3.8) is 0 Å². The largest absolute Gasteiger partial charge is 0.497 e. The molecule has 1 aromatic heterocycles. The van der Waals surface area contributed by atoms with Crippen molar-refractivity contribution in [3.8, 4) is 5.75 Å². The lowest BCUT2D eigenvalue weighted by molar-refractivity contribution is 0.415. The van der Waals surface area contributed by atoms with Crippen molar-refractivity contribution in [1.29, 1.82) is 0 Å². The minimum Gasteiger partial charge on any atom is -0.497 e. The summed E-state index contributed by atoms with van der Waals surface area (Å²) in [6.45, 7) is 2.32. The normalized spacial score (nSPS) is 20.2. The molecule has 2 atom stereocenters. The number of H-pyrrole nitrogens is 1. The molecule has 1 saturated carbocycles. The summed E-state index contributed by atoms with van der Waals surface area (Å²) in [7, 11) is 1.62. The van der Waals surface area contributed by atoms with E-state index in [9.17, 15) is 4.79 Å². The average molecular weight is 342 g/mol. The van der Waals surface area contributed by atoms with Crippen LogP contribution in [0.1, 0.15) is 64.0 Å². The molecule has 25 heavy (non-hydrogen) atoms. The fourth-order valence-electron chi connectivity index (χ4n) is 4.11. The Morgan fingerprint density at radius 1 is 1.20 bits per heavy atom.